The number of aliphatic hydroxyl groups excluding tert-OH is 2. The van der Waals surface area contributed by atoms with Crippen molar-refractivity contribution in [1.82, 2.24) is 0 Å². The fraction of sp³-hybridized carbons (Fsp3) is 0.500. The van der Waals surface area contributed by atoms with E-state index in [9.17, 15) is 14.7 Å². The molecule has 0 aliphatic carbocycles. The molecule has 0 amide bonds. The molecule has 0 aromatic rings. The molecule has 0 spiro atoms. The van der Waals surface area contributed by atoms with Crippen LogP contribution in [-0.4, -0.2) is 61.4 Å². The molecule has 11 N–H and O–H groups in total. The molecule has 0 radical (unpaired) electrons. The van der Waals surface area contributed by atoms with Crippen molar-refractivity contribution in [3.8, 4) is 0 Å². The van der Waals surface area contributed by atoms with Crippen molar-refractivity contribution < 1.29 is 81.5 Å². The molecule has 0 aromatic carbocycles. The van der Waals surface area contributed by atoms with E-state index < -0.39 is 24.1 Å². The first-order valence-corrected chi connectivity index (χ1v) is 2.26. The average molecular weight is 244 g/mol. The van der Waals surface area contributed by atoms with Crippen molar-refractivity contribution in [2.24, 2.45) is 0 Å². The van der Waals surface area contributed by atoms with Crippen LogP contribution in [0.2, 0.25) is 0 Å². The summed E-state index contributed by atoms with van der Waals surface area (Å²) in [7, 11) is 0. The second kappa shape index (κ2) is 16.1. The molecule has 0 saturated carbocycles. The number of carboxylic acids is 2. The van der Waals surface area contributed by atoms with Crippen LogP contribution in [0.25, 0.3) is 0 Å². The number of carboxylic acid groups (broad SMARTS) is 2. The van der Waals surface area contributed by atoms with Gasteiger partial charge in [0.05, 0.1) is 5.97 Å². The van der Waals surface area contributed by atoms with Gasteiger partial charge in [-0.05, 0) is 0 Å². The first kappa shape index (κ1) is 36.5. The summed E-state index contributed by atoms with van der Waals surface area (Å²) in [4.78, 5) is 19.4. The molecule has 10 nitrogen and oxygen atoms in total. The standard InChI is InChI=1S/C4H6O6.Na.4H2O/c5-1(3(7)8)2(6)4(9)10;;;;;/h1-2,5-6H,(H,7,8)(H,9,10);;4*1H2/q;+1;;;;/p-1/t1-,2-;;;;;/m1...../s1. The van der Waals surface area contributed by atoms with E-state index >= 15 is 0 Å². The summed E-state index contributed by atoms with van der Waals surface area (Å²) >= 11 is 0. The van der Waals surface area contributed by atoms with Gasteiger partial charge in [0.1, 0.15) is 6.10 Å². The molecule has 2 atom stereocenters. The van der Waals surface area contributed by atoms with Crippen molar-refractivity contribution in [2.45, 2.75) is 12.2 Å². The number of hydrogen-bond donors (Lipinski definition) is 3. The fourth-order valence-electron chi connectivity index (χ4n) is 0.264. The van der Waals surface area contributed by atoms with Gasteiger partial charge in [0.25, 0.3) is 0 Å². The molecular formula is C4H13NaO10. The van der Waals surface area contributed by atoms with Crippen LogP contribution in [0, 0.1) is 0 Å². The third-order valence-electron chi connectivity index (χ3n) is 0.794. The first-order chi connectivity index (χ1) is 4.46. The summed E-state index contributed by atoms with van der Waals surface area (Å²) in [5.41, 5.74) is 0. The quantitative estimate of drug-likeness (QED) is 0.406. The number of hydrogen-bond acceptors (Lipinski definition) is 5. The summed E-state index contributed by atoms with van der Waals surface area (Å²) in [5.74, 6) is -3.83. The molecule has 0 bridgehead atoms. The molecule has 0 saturated heterocycles. The van der Waals surface area contributed by atoms with Gasteiger partial charge in [-0.2, -0.15) is 0 Å². The second-order valence-electron chi connectivity index (χ2n) is 1.55. The topological polar surface area (TPSA) is 244 Å². The zero-order chi connectivity index (χ0) is 8.31. The maximum Gasteiger partial charge on any atom is 1.00 e. The van der Waals surface area contributed by atoms with Crippen molar-refractivity contribution in [1.29, 1.82) is 0 Å². The van der Waals surface area contributed by atoms with Crippen LogP contribution in [0.3, 0.4) is 0 Å². The predicted molar refractivity (Wildman–Crippen MR) is 39.1 cm³/mol. The minimum atomic E-state index is -2.38. The summed E-state index contributed by atoms with van der Waals surface area (Å²) in [5, 5.41) is 34.1. The van der Waals surface area contributed by atoms with E-state index in [0.29, 0.717) is 0 Å². The van der Waals surface area contributed by atoms with Crippen LogP contribution in [0.5, 0.6) is 0 Å². The minimum Gasteiger partial charge on any atom is -0.547 e. The Morgan fingerprint density at radius 2 is 1.20 bits per heavy atom. The molecule has 90 valence electrons. The minimum absolute atomic E-state index is 0. The monoisotopic (exact) mass is 244 g/mol. The molecule has 0 unspecified atom stereocenters. The molecule has 15 heavy (non-hydrogen) atoms. The summed E-state index contributed by atoms with van der Waals surface area (Å²) in [6.07, 6.45) is -4.71. The largest absolute Gasteiger partial charge is 1.00 e. The summed E-state index contributed by atoms with van der Waals surface area (Å²) in [6.45, 7) is 0. The molecule has 0 aliphatic heterocycles. The molecule has 0 aromatic heterocycles. The second-order valence-corrected chi connectivity index (χ2v) is 1.55. The zero-order valence-corrected chi connectivity index (χ0v) is 9.72. The van der Waals surface area contributed by atoms with Gasteiger partial charge in [0, 0.05) is 0 Å². The predicted octanol–water partition coefficient (Wildman–Crippen LogP) is -9.75. The molecular weight excluding hydrogens is 231 g/mol. The van der Waals surface area contributed by atoms with Gasteiger partial charge in [0.2, 0.25) is 0 Å². The molecule has 0 aliphatic rings. The Bertz CT molecular complexity index is 142. The van der Waals surface area contributed by atoms with E-state index in [1.807, 2.05) is 0 Å². The number of carbonyl (C=O) groups is 2. The van der Waals surface area contributed by atoms with Crippen LogP contribution in [0.1, 0.15) is 0 Å². The smallest absolute Gasteiger partial charge is 0.547 e. The Kier molecular flexibility index (Phi) is 39.2. The van der Waals surface area contributed by atoms with Gasteiger partial charge in [0.15, 0.2) is 6.10 Å². The van der Waals surface area contributed by atoms with Gasteiger partial charge in [-0.1, -0.05) is 0 Å². The molecule has 0 fully saturated rings. The van der Waals surface area contributed by atoms with Crippen LogP contribution < -0.4 is 34.7 Å². The number of rotatable bonds is 3. The van der Waals surface area contributed by atoms with E-state index in [-0.39, 0.29) is 51.5 Å². The third kappa shape index (κ3) is 13.7. The van der Waals surface area contributed by atoms with E-state index in [1.54, 1.807) is 0 Å². The van der Waals surface area contributed by atoms with Gasteiger partial charge in [-0.15, -0.1) is 0 Å². The van der Waals surface area contributed by atoms with Crippen LogP contribution in [0.4, 0.5) is 0 Å². The molecule has 0 rings (SSSR count). The SMILES string of the molecule is O.O.O.O.O=C([O-])[C@H](O)[C@@H](O)C(=O)O.[Na+]. The third-order valence-corrected chi connectivity index (χ3v) is 0.794. The summed E-state index contributed by atoms with van der Waals surface area (Å²) in [6, 6.07) is 0. The number of aliphatic carboxylic acids is 2. The van der Waals surface area contributed by atoms with E-state index in [4.69, 9.17) is 15.3 Å². The Labute approximate surface area is 106 Å². The van der Waals surface area contributed by atoms with Crippen molar-refractivity contribution in [2.75, 3.05) is 0 Å². The summed E-state index contributed by atoms with van der Waals surface area (Å²) < 4.78 is 0. The van der Waals surface area contributed by atoms with Crippen LogP contribution >= 0.6 is 0 Å². The average Bonchev–Trinajstić information content (AvgIpc) is 1.84. The maximum atomic E-state index is 9.74. The van der Waals surface area contributed by atoms with E-state index in [1.165, 1.54) is 0 Å². The molecule has 0 heterocycles. The normalized spacial score (nSPS) is 10.5. The van der Waals surface area contributed by atoms with E-state index in [0.717, 1.165) is 0 Å². The van der Waals surface area contributed by atoms with Crippen molar-refractivity contribution in [3.63, 3.8) is 0 Å². The van der Waals surface area contributed by atoms with Crippen LogP contribution in [-0.2, 0) is 9.59 Å². The van der Waals surface area contributed by atoms with Crippen molar-refractivity contribution >= 4 is 11.9 Å². The Morgan fingerprint density at radius 3 is 1.27 bits per heavy atom. The van der Waals surface area contributed by atoms with Crippen molar-refractivity contribution in [3.05, 3.63) is 0 Å². The van der Waals surface area contributed by atoms with Gasteiger partial charge in [-0.25, -0.2) is 4.79 Å². The molecule has 11 heteroatoms. The van der Waals surface area contributed by atoms with E-state index in [2.05, 4.69) is 0 Å². The zero-order valence-electron chi connectivity index (χ0n) is 7.72. The Morgan fingerprint density at radius 1 is 0.933 bits per heavy atom. The van der Waals surface area contributed by atoms with Gasteiger partial charge in [-0.3, -0.25) is 0 Å². The fourth-order valence-corrected chi connectivity index (χ4v) is 0.264. The maximum absolute atomic E-state index is 9.74. The first-order valence-electron chi connectivity index (χ1n) is 2.26. The number of carbonyl (C=O) groups excluding carboxylic acids is 1. The van der Waals surface area contributed by atoms with Crippen LogP contribution in [0.15, 0.2) is 0 Å². The Balaban J connectivity index is -0.0000000405. The number of aliphatic hydroxyl groups is 2. The van der Waals surface area contributed by atoms with Gasteiger partial charge >= 0.3 is 35.5 Å². The Hall–Kier alpha value is -0.300. The van der Waals surface area contributed by atoms with Gasteiger partial charge < -0.3 is 47.1 Å².